The first kappa shape index (κ1) is 20.1. The molecule has 0 atom stereocenters. The largest absolute Gasteiger partial charge is 0.493 e. The van der Waals surface area contributed by atoms with Crippen LogP contribution in [0.2, 0.25) is 0 Å². The predicted molar refractivity (Wildman–Crippen MR) is 110 cm³/mol. The Bertz CT molecular complexity index is 935. The Labute approximate surface area is 175 Å². The normalized spacial score (nSPS) is 16.2. The summed E-state index contributed by atoms with van der Waals surface area (Å²) < 4.78 is 22.7. The molecule has 0 aromatic heterocycles. The van der Waals surface area contributed by atoms with Gasteiger partial charge in [0.05, 0.1) is 6.61 Å². The second-order valence-corrected chi connectivity index (χ2v) is 7.39. The van der Waals surface area contributed by atoms with E-state index in [-0.39, 0.29) is 5.56 Å². The van der Waals surface area contributed by atoms with E-state index < -0.39 is 24.3 Å². The van der Waals surface area contributed by atoms with Gasteiger partial charge in [-0.15, -0.1) is 0 Å². The maximum atomic E-state index is 12.3. The minimum atomic E-state index is -0.612. The molecule has 0 radical (unpaired) electrons. The van der Waals surface area contributed by atoms with Crippen LogP contribution >= 0.6 is 0 Å². The van der Waals surface area contributed by atoms with Gasteiger partial charge < -0.3 is 24.3 Å². The van der Waals surface area contributed by atoms with Gasteiger partial charge in [-0.25, -0.2) is 4.79 Å². The van der Waals surface area contributed by atoms with Gasteiger partial charge in [0, 0.05) is 24.6 Å². The molecule has 7 heteroatoms. The Morgan fingerprint density at radius 1 is 1.03 bits per heavy atom. The van der Waals surface area contributed by atoms with E-state index in [0.717, 1.165) is 25.7 Å². The standard InChI is InChI=1S/C23H25NO6/c1-2-27-18-9-5-4-8-17(18)22(26)28-15-21(25)24-16-10-11-19-20(14-16)30-23(29-19)12-6-3-7-13-23/h4-5,8-11,14H,2-3,6-7,12-13,15H2,1H3,(H,24,25). The number of esters is 1. The van der Waals surface area contributed by atoms with Crippen molar-refractivity contribution >= 4 is 17.6 Å². The number of nitrogens with one attached hydrogen (secondary N) is 1. The zero-order chi connectivity index (χ0) is 21.0. The zero-order valence-corrected chi connectivity index (χ0v) is 16.9. The lowest BCUT2D eigenvalue weighted by atomic mass is 9.94. The van der Waals surface area contributed by atoms with E-state index in [2.05, 4.69) is 5.32 Å². The lowest BCUT2D eigenvalue weighted by molar-refractivity contribution is -0.119. The topological polar surface area (TPSA) is 83.1 Å². The second kappa shape index (κ2) is 8.65. The second-order valence-electron chi connectivity index (χ2n) is 7.39. The maximum absolute atomic E-state index is 12.3. The van der Waals surface area contributed by atoms with E-state index in [1.807, 2.05) is 6.92 Å². The van der Waals surface area contributed by atoms with E-state index in [1.165, 1.54) is 6.42 Å². The molecule has 1 saturated carbocycles. The molecular weight excluding hydrogens is 386 g/mol. The fraction of sp³-hybridized carbons (Fsp3) is 0.391. The summed E-state index contributed by atoms with van der Waals surface area (Å²) in [7, 11) is 0. The van der Waals surface area contributed by atoms with Crippen LogP contribution < -0.4 is 19.5 Å². The first-order valence-electron chi connectivity index (χ1n) is 10.3. The Kier molecular flexibility index (Phi) is 5.79. The average molecular weight is 411 g/mol. The maximum Gasteiger partial charge on any atom is 0.342 e. The number of carbonyl (C=O) groups is 2. The van der Waals surface area contributed by atoms with E-state index >= 15 is 0 Å². The van der Waals surface area contributed by atoms with Crippen LogP contribution in [0.3, 0.4) is 0 Å². The monoisotopic (exact) mass is 411 g/mol. The Morgan fingerprint density at radius 2 is 1.80 bits per heavy atom. The van der Waals surface area contributed by atoms with Crippen molar-refractivity contribution in [3.63, 3.8) is 0 Å². The minimum Gasteiger partial charge on any atom is -0.493 e. The summed E-state index contributed by atoms with van der Waals surface area (Å²) in [5, 5.41) is 2.73. The van der Waals surface area contributed by atoms with Gasteiger partial charge in [0.2, 0.25) is 0 Å². The number of carbonyl (C=O) groups excluding carboxylic acids is 2. The fourth-order valence-electron chi connectivity index (χ4n) is 3.79. The van der Waals surface area contributed by atoms with Crippen molar-refractivity contribution in [3.05, 3.63) is 48.0 Å². The van der Waals surface area contributed by atoms with Gasteiger partial charge in [-0.05, 0) is 44.0 Å². The highest BCUT2D eigenvalue weighted by atomic mass is 16.7. The molecule has 0 bridgehead atoms. The molecule has 1 N–H and O–H groups in total. The summed E-state index contributed by atoms with van der Waals surface area (Å²) in [6, 6.07) is 12.0. The van der Waals surface area contributed by atoms with Gasteiger partial charge in [-0.1, -0.05) is 18.6 Å². The Hall–Kier alpha value is -3.22. The van der Waals surface area contributed by atoms with E-state index in [1.54, 1.807) is 42.5 Å². The quantitative estimate of drug-likeness (QED) is 0.713. The van der Waals surface area contributed by atoms with Gasteiger partial charge >= 0.3 is 5.97 Å². The molecule has 2 aromatic carbocycles. The molecule has 1 aliphatic heterocycles. The lowest BCUT2D eigenvalue weighted by Gasteiger charge is -2.31. The summed E-state index contributed by atoms with van der Waals surface area (Å²) in [5.41, 5.74) is 0.842. The fourth-order valence-corrected chi connectivity index (χ4v) is 3.79. The van der Waals surface area contributed by atoms with Gasteiger partial charge in [0.1, 0.15) is 11.3 Å². The van der Waals surface area contributed by atoms with Crippen molar-refractivity contribution in [2.75, 3.05) is 18.5 Å². The lowest BCUT2D eigenvalue weighted by Crippen LogP contribution is -2.40. The van der Waals surface area contributed by atoms with Crippen LogP contribution in [0.1, 0.15) is 49.4 Å². The summed E-state index contributed by atoms with van der Waals surface area (Å²) in [4.78, 5) is 24.6. The number of hydrogen-bond acceptors (Lipinski definition) is 6. The molecule has 30 heavy (non-hydrogen) atoms. The number of fused-ring (bicyclic) bond motifs is 1. The van der Waals surface area contributed by atoms with Crippen molar-refractivity contribution in [2.45, 2.75) is 44.8 Å². The first-order chi connectivity index (χ1) is 14.6. The SMILES string of the molecule is CCOc1ccccc1C(=O)OCC(=O)Nc1ccc2c(c1)OC1(CCCCC1)O2. The van der Waals surface area contributed by atoms with Crippen molar-refractivity contribution < 1.29 is 28.5 Å². The summed E-state index contributed by atoms with van der Waals surface area (Å²) >= 11 is 0. The van der Waals surface area contributed by atoms with Crippen LogP contribution in [0.15, 0.2) is 42.5 Å². The molecule has 4 rings (SSSR count). The highest BCUT2D eigenvalue weighted by molar-refractivity contribution is 5.96. The smallest absolute Gasteiger partial charge is 0.342 e. The van der Waals surface area contributed by atoms with Crippen molar-refractivity contribution in [1.29, 1.82) is 0 Å². The molecule has 1 fully saturated rings. The Morgan fingerprint density at radius 3 is 2.60 bits per heavy atom. The van der Waals surface area contributed by atoms with Crippen molar-refractivity contribution in [3.8, 4) is 17.2 Å². The number of ether oxygens (including phenoxy) is 4. The summed E-state index contributed by atoms with van der Waals surface area (Å²) in [5.74, 6) is 0.124. The first-order valence-corrected chi connectivity index (χ1v) is 10.3. The van der Waals surface area contributed by atoms with Crippen LogP contribution in [0, 0.1) is 0 Å². The van der Waals surface area contributed by atoms with Crippen LogP contribution in [0.25, 0.3) is 0 Å². The number of benzene rings is 2. The molecule has 1 heterocycles. The van der Waals surface area contributed by atoms with Gasteiger partial charge in [0.25, 0.3) is 11.7 Å². The number of para-hydroxylation sites is 1. The van der Waals surface area contributed by atoms with E-state index in [4.69, 9.17) is 18.9 Å². The van der Waals surface area contributed by atoms with Crippen LogP contribution in [0.4, 0.5) is 5.69 Å². The molecule has 1 amide bonds. The summed E-state index contributed by atoms with van der Waals surface area (Å²) in [6.07, 6.45) is 5.08. The van der Waals surface area contributed by atoms with Crippen LogP contribution in [-0.4, -0.2) is 30.9 Å². The number of amides is 1. The third kappa shape index (κ3) is 4.35. The van der Waals surface area contributed by atoms with Gasteiger partial charge in [0.15, 0.2) is 18.1 Å². The molecule has 0 saturated heterocycles. The zero-order valence-electron chi connectivity index (χ0n) is 16.9. The molecule has 1 spiro atoms. The van der Waals surface area contributed by atoms with Crippen molar-refractivity contribution in [2.24, 2.45) is 0 Å². The number of rotatable bonds is 6. The third-order valence-corrected chi connectivity index (χ3v) is 5.18. The molecule has 7 nitrogen and oxygen atoms in total. The average Bonchev–Trinajstić information content (AvgIpc) is 3.09. The third-order valence-electron chi connectivity index (χ3n) is 5.18. The number of anilines is 1. The van der Waals surface area contributed by atoms with Crippen LogP contribution in [0.5, 0.6) is 17.2 Å². The van der Waals surface area contributed by atoms with Gasteiger partial charge in [-0.2, -0.15) is 0 Å². The highest BCUT2D eigenvalue weighted by Gasteiger charge is 2.42. The highest BCUT2D eigenvalue weighted by Crippen LogP contribution is 2.46. The summed E-state index contributed by atoms with van der Waals surface area (Å²) in [6.45, 7) is 1.85. The molecule has 158 valence electrons. The van der Waals surface area contributed by atoms with E-state index in [0.29, 0.717) is 29.5 Å². The molecular formula is C23H25NO6. The minimum absolute atomic E-state index is 0.285. The van der Waals surface area contributed by atoms with E-state index in [9.17, 15) is 9.59 Å². The molecule has 1 aliphatic carbocycles. The van der Waals surface area contributed by atoms with Crippen LogP contribution in [-0.2, 0) is 9.53 Å². The Balaban J connectivity index is 1.33. The van der Waals surface area contributed by atoms with Gasteiger partial charge in [-0.3, -0.25) is 4.79 Å². The number of hydrogen-bond donors (Lipinski definition) is 1. The molecule has 2 aliphatic rings. The molecule has 0 unspecified atom stereocenters. The predicted octanol–water partition coefficient (Wildman–Crippen LogP) is 4.31. The van der Waals surface area contributed by atoms with Crippen molar-refractivity contribution in [1.82, 2.24) is 0 Å². The molecule has 2 aromatic rings.